The largest absolute Gasteiger partial charge is 0.488 e. The van der Waals surface area contributed by atoms with Crippen LogP contribution >= 0.6 is 11.3 Å². The molecule has 0 saturated heterocycles. The van der Waals surface area contributed by atoms with Gasteiger partial charge in [0.25, 0.3) is 0 Å². The van der Waals surface area contributed by atoms with Gasteiger partial charge in [-0.2, -0.15) is 5.10 Å². The minimum Gasteiger partial charge on any atom is -0.488 e. The van der Waals surface area contributed by atoms with Crippen LogP contribution in [0.3, 0.4) is 0 Å². The third-order valence-electron chi connectivity index (χ3n) is 3.30. The molecule has 0 atom stereocenters. The summed E-state index contributed by atoms with van der Waals surface area (Å²) in [5.74, 6) is -0.525. The molecule has 0 fully saturated rings. The van der Waals surface area contributed by atoms with Crippen molar-refractivity contribution in [3.63, 3.8) is 0 Å². The van der Waals surface area contributed by atoms with E-state index in [4.69, 9.17) is 4.74 Å². The van der Waals surface area contributed by atoms with Crippen LogP contribution in [0.25, 0.3) is 0 Å². The van der Waals surface area contributed by atoms with Crippen LogP contribution in [0, 0.1) is 18.6 Å². The zero-order valence-electron chi connectivity index (χ0n) is 13.4. The van der Waals surface area contributed by atoms with Gasteiger partial charge in [-0.15, -0.1) is 11.3 Å². The molecule has 0 bridgehead atoms. The van der Waals surface area contributed by atoms with Crippen molar-refractivity contribution in [2.75, 3.05) is 5.43 Å². The Labute approximate surface area is 147 Å². The molecule has 128 valence electrons. The molecule has 0 aliphatic rings. The molecule has 0 aliphatic carbocycles. The molecule has 3 rings (SSSR count). The number of hydrogen-bond acceptors (Lipinski definition) is 5. The molecule has 0 saturated carbocycles. The molecule has 7 heteroatoms. The molecule has 0 unspecified atom stereocenters. The van der Waals surface area contributed by atoms with E-state index in [2.05, 4.69) is 15.5 Å². The Morgan fingerprint density at radius 1 is 1.24 bits per heavy atom. The summed E-state index contributed by atoms with van der Waals surface area (Å²) in [6, 6.07) is 10.4. The fraction of sp³-hybridized carbons (Fsp3) is 0.111. The quantitative estimate of drug-likeness (QED) is 0.510. The SMILES string of the molecule is Cc1csc(NN=Cc2ccc(F)cc2OCc2ccccc2F)n1. The minimum atomic E-state index is -0.441. The molecule has 1 N–H and O–H groups in total. The number of aryl methyl sites for hydroxylation is 1. The van der Waals surface area contributed by atoms with Crippen LogP contribution in [0.5, 0.6) is 5.75 Å². The third kappa shape index (κ3) is 4.60. The Kier molecular flexibility index (Phi) is 5.35. The van der Waals surface area contributed by atoms with Crippen molar-refractivity contribution in [3.8, 4) is 5.75 Å². The van der Waals surface area contributed by atoms with E-state index in [0.717, 1.165) is 5.69 Å². The summed E-state index contributed by atoms with van der Waals surface area (Å²) in [5.41, 5.74) is 4.67. The molecule has 0 radical (unpaired) electrons. The van der Waals surface area contributed by atoms with E-state index in [0.29, 0.717) is 16.3 Å². The fourth-order valence-electron chi connectivity index (χ4n) is 2.07. The first kappa shape index (κ1) is 17.0. The molecule has 0 amide bonds. The first-order chi connectivity index (χ1) is 12.1. The highest BCUT2D eigenvalue weighted by molar-refractivity contribution is 7.13. The summed E-state index contributed by atoms with van der Waals surface area (Å²) < 4.78 is 32.8. The standard InChI is InChI=1S/C18H15F2N3OS/c1-12-11-25-18(22-12)23-21-9-13-6-7-15(19)8-17(13)24-10-14-4-2-3-5-16(14)20/h2-9,11H,10H2,1H3,(H,22,23). The number of nitrogens with one attached hydrogen (secondary N) is 1. The van der Waals surface area contributed by atoms with Crippen LogP contribution in [-0.2, 0) is 6.61 Å². The highest BCUT2D eigenvalue weighted by Gasteiger charge is 2.07. The maximum atomic E-state index is 13.7. The van der Waals surface area contributed by atoms with Gasteiger partial charge in [0.15, 0.2) is 0 Å². The van der Waals surface area contributed by atoms with Crippen molar-refractivity contribution >= 4 is 22.7 Å². The number of benzene rings is 2. The lowest BCUT2D eigenvalue weighted by atomic mass is 10.2. The van der Waals surface area contributed by atoms with E-state index in [9.17, 15) is 8.78 Å². The molecule has 2 aromatic carbocycles. The van der Waals surface area contributed by atoms with Gasteiger partial charge in [-0.1, -0.05) is 18.2 Å². The third-order valence-corrected chi connectivity index (χ3v) is 4.16. The molecular formula is C18H15F2N3OS. The molecule has 1 heterocycles. The van der Waals surface area contributed by atoms with Crippen LogP contribution < -0.4 is 10.2 Å². The van der Waals surface area contributed by atoms with Gasteiger partial charge in [-0.25, -0.2) is 13.8 Å². The number of hydrazone groups is 1. The molecule has 3 aromatic rings. The predicted octanol–water partition coefficient (Wildman–Crippen LogP) is 4.75. The Hall–Kier alpha value is -2.80. The molecular weight excluding hydrogens is 344 g/mol. The van der Waals surface area contributed by atoms with E-state index >= 15 is 0 Å². The lowest BCUT2D eigenvalue weighted by Crippen LogP contribution is -2.01. The van der Waals surface area contributed by atoms with E-state index in [-0.39, 0.29) is 18.2 Å². The van der Waals surface area contributed by atoms with Gasteiger partial charge >= 0.3 is 0 Å². The molecule has 1 aromatic heterocycles. The monoisotopic (exact) mass is 359 g/mol. The topological polar surface area (TPSA) is 46.5 Å². The number of thiazole rings is 1. The number of halogens is 2. The Morgan fingerprint density at radius 2 is 2.08 bits per heavy atom. The Bertz CT molecular complexity index is 896. The summed E-state index contributed by atoms with van der Waals surface area (Å²) in [6.45, 7) is 1.89. The molecule has 25 heavy (non-hydrogen) atoms. The summed E-state index contributed by atoms with van der Waals surface area (Å²) in [4.78, 5) is 4.22. The summed E-state index contributed by atoms with van der Waals surface area (Å²) in [7, 11) is 0. The summed E-state index contributed by atoms with van der Waals surface area (Å²) in [6.07, 6.45) is 1.51. The normalized spacial score (nSPS) is 11.0. The van der Waals surface area contributed by atoms with Crippen molar-refractivity contribution in [3.05, 3.63) is 76.3 Å². The van der Waals surface area contributed by atoms with Gasteiger partial charge in [0, 0.05) is 22.6 Å². The first-order valence-corrected chi connectivity index (χ1v) is 8.37. The summed E-state index contributed by atoms with van der Waals surface area (Å²) in [5, 5.41) is 6.64. The van der Waals surface area contributed by atoms with Gasteiger partial charge in [0.1, 0.15) is 24.0 Å². The van der Waals surface area contributed by atoms with E-state index in [1.807, 2.05) is 12.3 Å². The zero-order chi connectivity index (χ0) is 17.6. The number of aromatic nitrogens is 1. The Balaban J connectivity index is 1.72. The van der Waals surface area contributed by atoms with Gasteiger partial charge in [-0.05, 0) is 25.1 Å². The second kappa shape index (κ2) is 7.85. The highest BCUT2D eigenvalue weighted by Crippen LogP contribution is 2.21. The number of rotatable bonds is 6. The van der Waals surface area contributed by atoms with Crippen LogP contribution in [0.4, 0.5) is 13.9 Å². The number of ether oxygens (including phenoxy) is 1. The van der Waals surface area contributed by atoms with Crippen LogP contribution in [0.15, 0.2) is 52.9 Å². The van der Waals surface area contributed by atoms with Crippen molar-refractivity contribution in [1.82, 2.24) is 4.98 Å². The van der Waals surface area contributed by atoms with Gasteiger partial charge in [-0.3, -0.25) is 5.43 Å². The first-order valence-electron chi connectivity index (χ1n) is 7.49. The van der Waals surface area contributed by atoms with Crippen LogP contribution in [0.1, 0.15) is 16.8 Å². The van der Waals surface area contributed by atoms with Crippen molar-refractivity contribution in [2.45, 2.75) is 13.5 Å². The average molecular weight is 359 g/mol. The van der Waals surface area contributed by atoms with Gasteiger partial charge in [0.05, 0.1) is 11.9 Å². The van der Waals surface area contributed by atoms with E-state index in [1.54, 1.807) is 24.3 Å². The van der Waals surface area contributed by atoms with Crippen molar-refractivity contribution in [2.24, 2.45) is 5.10 Å². The molecule has 4 nitrogen and oxygen atoms in total. The second-order valence-electron chi connectivity index (χ2n) is 5.23. The molecule has 0 aliphatic heterocycles. The van der Waals surface area contributed by atoms with Gasteiger partial charge in [0.2, 0.25) is 5.13 Å². The van der Waals surface area contributed by atoms with E-state index < -0.39 is 5.82 Å². The number of nitrogens with zero attached hydrogens (tertiary/aromatic N) is 2. The van der Waals surface area contributed by atoms with Crippen molar-refractivity contribution < 1.29 is 13.5 Å². The fourth-order valence-corrected chi connectivity index (χ4v) is 2.71. The van der Waals surface area contributed by atoms with Crippen molar-refractivity contribution in [1.29, 1.82) is 0 Å². The van der Waals surface area contributed by atoms with Crippen LogP contribution in [-0.4, -0.2) is 11.2 Å². The minimum absolute atomic E-state index is 0.00390. The lowest BCUT2D eigenvalue weighted by Gasteiger charge is -2.10. The highest BCUT2D eigenvalue weighted by atomic mass is 32.1. The van der Waals surface area contributed by atoms with E-state index in [1.165, 1.54) is 35.8 Å². The maximum absolute atomic E-state index is 13.7. The molecule has 0 spiro atoms. The summed E-state index contributed by atoms with van der Waals surface area (Å²) >= 11 is 1.43. The number of anilines is 1. The lowest BCUT2D eigenvalue weighted by molar-refractivity contribution is 0.298. The maximum Gasteiger partial charge on any atom is 0.203 e. The Morgan fingerprint density at radius 3 is 2.84 bits per heavy atom. The average Bonchev–Trinajstić information content (AvgIpc) is 3.01. The zero-order valence-corrected chi connectivity index (χ0v) is 14.2. The second-order valence-corrected chi connectivity index (χ2v) is 6.08. The number of hydrogen-bond donors (Lipinski definition) is 1. The van der Waals surface area contributed by atoms with Gasteiger partial charge < -0.3 is 4.74 Å². The predicted molar refractivity (Wildman–Crippen MR) is 95.2 cm³/mol. The van der Waals surface area contributed by atoms with Crippen LogP contribution in [0.2, 0.25) is 0 Å². The smallest absolute Gasteiger partial charge is 0.203 e.